The van der Waals surface area contributed by atoms with E-state index >= 15 is 0 Å². The third kappa shape index (κ3) is 6.96. The maximum atomic E-state index is 13.0. The van der Waals surface area contributed by atoms with Crippen LogP contribution in [0.25, 0.3) is 16.9 Å². The second-order valence-corrected chi connectivity index (χ2v) is 9.93. The molecule has 0 aliphatic rings. The van der Waals surface area contributed by atoms with Crippen molar-refractivity contribution in [3.63, 3.8) is 0 Å². The highest BCUT2D eigenvalue weighted by atomic mass is 35.5. The number of nitrogens with one attached hydrogen (secondary N) is 2. The number of aryl methyl sites for hydroxylation is 2. The Morgan fingerprint density at radius 1 is 1.11 bits per heavy atom. The van der Waals surface area contributed by atoms with Crippen molar-refractivity contribution in [3.8, 4) is 16.9 Å². The largest absolute Gasteiger partial charge is 0.333 e. The molecule has 0 fully saturated rings. The van der Waals surface area contributed by atoms with Crippen LogP contribution in [-0.4, -0.2) is 45.0 Å². The number of benzene rings is 2. The molecule has 3 rings (SSSR count). The number of aromatic nitrogens is 2. The number of nitrogens with zero attached hydrogens (tertiary/aromatic N) is 3. The predicted octanol–water partition coefficient (Wildman–Crippen LogP) is 5.74. The van der Waals surface area contributed by atoms with Gasteiger partial charge in [-0.2, -0.15) is 0 Å². The van der Waals surface area contributed by atoms with E-state index in [-0.39, 0.29) is 25.0 Å². The fourth-order valence-corrected chi connectivity index (χ4v) is 3.54. The van der Waals surface area contributed by atoms with Gasteiger partial charge in [-0.1, -0.05) is 35.9 Å². The molecule has 35 heavy (non-hydrogen) atoms. The summed E-state index contributed by atoms with van der Waals surface area (Å²) in [5.41, 5.74) is 4.28. The lowest BCUT2D eigenvalue weighted by atomic mass is 10.1. The molecule has 0 aliphatic carbocycles. The normalized spacial score (nSPS) is 11.1. The van der Waals surface area contributed by atoms with Crippen molar-refractivity contribution in [2.75, 3.05) is 18.4 Å². The quantitative estimate of drug-likeness (QED) is 0.411. The highest BCUT2D eigenvalue weighted by Gasteiger charge is 2.22. The minimum atomic E-state index is -0.431. The maximum absolute atomic E-state index is 13.0. The number of halogens is 1. The molecule has 0 spiro atoms. The molecule has 7 nitrogen and oxygen atoms in total. The van der Waals surface area contributed by atoms with Crippen LogP contribution in [0.1, 0.15) is 31.9 Å². The maximum Gasteiger partial charge on any atom is 0.318 e. The van der Waals surface area contributed by atoms with E-state index in [9.17, 15) is 9.59 Å². The van der Waals surface area contributed by atoms with Crippen molar-refractivity contribution in [1.82, 2.24) is 19.8 Å². The number of imidazole rings is 1. The first kappa shape index (κ1) is 26.0. The van der Waals surface area contributed by atoms with Crippen LogP contribution < -0.4 is 10.6 Å². The summed E-state index contributed by atoms with van der Waals surface area (Å²) in [6.45, 7) is 13.5. The average molecular weight is 494 g/mol. The fourth-order valence-electron chi connectivity index (χ4n) is 3.41. The van der Waals surface area contributed by atoms with E-state index < -0.39 is 5.54 Å². The van der Waals surface area contributed by atoms with E-state index in [0.29, 0.717) is 16.7 Å². The first-order chi connectivity index (χ1) is 16.5. The Morgan fingerprint density at radius 3 is 2.40 bits per heavy atom. The summed E-state index contributed by atoms with van der Waals surface area (Å²) in [5.74, 6) is -0.00719. The summed E-state index contributed by atoms with van der Waals surface area (Å²) in [7, 11) is 0. The minimum absolute atomic E-state index is 0.149. The number of carbonyl (C=O) groups excluding carboxylic acids is 2. The lowest BCUT2D eigenvalue weighted by molar-refractivity contribution is -0.116. The van der Waals surface area contributed by atoms with Crippen molar-refractivity contribution in [2.24, 2.45) is 0 Å². The number of carbonyl (C=O) groups is 2. The van der Waals surface area contributed by atoms with Crippen LogP contribution in [0.2, 0.25) is 5.02 Å². The predicted molar refractivity (Wildman–Crippen MR) is 142 cm³/mol. The summed E-state index contributed by atoms with van der Waals surface area (Å²) < 4.78 is 1.83. The van der Waals surface area contributed by atoms with Gasteiger partial charge in [0.2, 0.25) is 11.9 Å². The van der Waals surface area contributed by atoms with E-state index in [4.69, 9.17) is 11.6 Å². The van der Waals surface area contributed by atoms with E-state index in [1.54, 1.807) is 18.2 Å². The first-order valence-corrected chi connectivity index (χ1v) is 11.8. The Bertz CT molecular complexity index is 1230. The Hall–Kier alpha value is -3.58. The second kappa shape index (κ2) is 10.8. The minimum Gasteiger partial charge on any atom is -0.333 e. The van der Waals surface area contributed by atoms with Gasteiger partial charge in [-0.05, 0) is 70.0 Å². The molecule has 3 amide bonds. The summed E-state index contributed by atoms with van der Waals surface area (Å²) in [5, 5.41) is 6.39. The number of amides is 3. The van der Waals surface area contributed by atoms with Gasteiger partial charge in [0.05, 0.1) is 5.69 Å². The average Bonchev–Trinajstić information content (AvgIpc) is 3.18. The van der Waals surface area contributed by atoms with E-state index in [1.165, 1.54) is 10.5 Å². The van der Waals surface area contributed by atoms with Crippen molar-refractivity contribution < 1.29 is 9.59 Å². The van der Waals surface area contributed by atoms with Crippen molar-refractivity contribution in [2.45, 2.75) is 40.2 Å². The zero-order valence-corrected chi connectivity index (χ0v) is 21.6. The van der Waals surface area contributed by atoms with Gasteiger partial charge in [0.1, 0.15) is 6.54 Å². The van der Waals surface area contributed by atoms with E-state index in [0.717, 1.165) is 16.8 Å². The van der Waals surface area contributed by atoms with Crippen molar-refractivity contribution >= 4 is 29.5 Å². The molecular weight excluding hydrogens is 462 g/mol. The molecule has 184 valence electrons. The van der Waals surface area contributed by atoms with Gasteiger partial charge in [0, 0.05) is 34.6 Å². The van der Waals surface area contributed by atoms with Gasteiger partial charge in [0.15, 0.2) is 0 Å². The standard InChI is InChI=1S/C27H32ClN5O2/c1-7-14-32(26(35)31-27(4,5)6)17-24(34)30-25-29-23(20-9-11-21(28)12-10-20)16-33(25)22-13-8-18(2)19(3)15-22/h7-13,15-16H,1,14,17H2,2-6H3,(H,31,35)(H,29,30,34). The molecular formula is C27H32ClN5O2. The molecule has 2 N–H and O–H groups in total. The van der Waals surface area contributed by atoms with Gasteiger partial charge in [-0.3, -0.25) is 14.7 Å². The highest BCUT2D eigenvalue weighted by Crippen LogP contribution is 2.26. The lowest BCUT2D eigenvalue weighted by Gasteiger charge is -2.27. The van der Waals surface area contributed by atoms with Crippen LogP contribution >= 0.6 is 11.6 Å². The molecule has 2 aromatic carbocycles. The summed E-state index contributed by atoms with van der Waals surface area (Å²) in [6, 6.07) is 13.1. The number of rotatable bonds is 7. The van der Waals surface area contributed by atoms with Crippen LogP contribution in [0.15, 0.2) is 61.3 Å². The zero-order valence-electron chi connectivity index (χ0n) is 20.9. The van der Waals surface area contributed by atoms with Crippen LogP contribution in [0, 0.1) is 13.8 Å². The fraction of sp³-hybridized carbons (Fsp3) is 0.296. The Balaban J connectivity index is 1.92. The zero-order chi connectivity index (χ0) is 25.8. The monoisotopic (exact) mass is 493 g/mol. The molecule has 3 aromatic rings. The third-order valence-corrected chi connectivity index (χ3v) is 5.57. The number of hydrogen-bond acceptors (Lipinski definition) is 3. The SMILES string of the molecule is C=CCN(CC(=O)Nc1nc(-c2ccc(Cl)cc2)cn1-c1ccc(C)c(C)c1)C(=O)NC(C)(C)C. The Labute approximate surface area is 211 Å². The Morgan fingerprint density at radius 2 is 1.80 bits per heavy atom. The lowest BCUT2D eigenvalue weighted by Crippen LogP contribution is -2.50. The van der Waals surface area contributed by atoms with Gasteiger partial charge in [-0.15, -0.1) is 6.58 Å². The van der Waals surface area contributed by atoms with Gasteiger partial charge >= 0.3 is 6.03 Å². The summed E-state index contributed by atoms with van der Waals surface area (Å²) in [6.07, 6.45) is 3.46. The van der Waals surface area contributed by atoms with Crippen molar-refractivity contribution in [3.05, 3.63) is 77.5 Å². The van der Waals surface area contributed by atoms with Crippen LogP contribution in [0.3, 0.4) is 0 Å². The van der Waals surface area contributed by atoms with Gasteiger partial charge in [0.25, 0.3) is 0 Å². The molecule has 8 heteroatoms. The Kier molecular flexibility index (Phi) is 8.02. The number of anilines is 1. The highest BCUT2D eigenvalue weighted by molar-refractivity contribution is 6.30. The van der Waals surface area contributed by atoms with Crippen LogP contribution in [0.4, 0.5) is 10.7 Å². The van der Waals surface area contributed by atoms with Gasteiger partial charge < -0.3 is 10.2 Å². The molecule has 0 aliphatic heterocycles. The van der Waals surface area contributed by atoms with Crippen LogP contribution in [-0.2, 0) is 4.79 Å². The summed E-state index contributed by atoms with van der Waals surface area (Å²) in [4.78, 5) is 31.8. The molecule has 0 saturated carbocycles. The van der Waals surface area contributed by atoms with Crippen molar-refractivity contribution in [1.29, 1.82) is 0 Å². The molecule has 0 unspecified atom stereocenters. The number of hydrogen-bond donors (Lipinski definition) is 2. The van der Waals surface area contributed by atoms with E-state index in [1.807, 2.05) is 75.7 Å². The van der Waals surface area contributed by atoms with Crippen LogP contribution in [0.5, 0.6) is 0 Å². The number of urea groups is 1. The summed E-state index contributed by atoms with van der Waals surface area (Å²) >= 11 is 6.05. The molecule has 1 heterocycles. The molecule has 0 radical (unpaired) electrons. The molecule has 0 bridgehead atoms. The first-order valence-electron chi connectivity index (χ1n) is 11.4. The second-order valence-electron chi connectivity index (χ2n) is 9.49. The smallest absolute Gasteiger partial charge is 0.318 e. The molecule has 0 saturated heterocycles. The van der Waals surface area contributed by atoms with E-state index in [2.05, 4.69) is 22.2 Å². The third-order valence-electron chi connectivity index (χ3n) is 5.32. The molecule has 1 aromatic heterocycles. The molecule has 0 atom stereocenters. The topological polar surface area (TPSA) is 79.3 Å². The van der Waals surface area contributed by atoms with Gasteiger partial charge in [-0.25, -0.2) is 9.78 Å².